The Labute approximate surface area is 101 Å². The molecular weight excluding hydrogens is 216 g/mol. The topological polar surface area (TPSA) is 57.5 Å². The molecule has 0 saturated heterocycles. The van der Waals surface area contributed by atoms with Crippen LogP contribution in [0.1, 0.15) is 60.0 Å². The van der Waals surface area contributed by atoms with Crippen LogP contribution in [0.15, 0.2) is 12.1 Å². The molecule has 0 aliphatic heterocycles. The van der Waals surface area contributed by atoms with Gasteiger partial charge in [0, 0.05) is 0 Å². The van der Waals surface area contributed by atoms with E-state index in [9.17, 15) is 9.90 Å². The van der Waals surface area contributed by atoms with E-state index in [0.717, 1.165) is 36.8 Å². The fraction of sp³-hybridized carbons (Fsp3) is 0.500. The van der Waals surface area contributed by atoms with Crippen molar-refractivity contribution in [1.82, 2.24) is 0 Å². The van der Waals surface area contributed by atoms with E-state index in [1.807, 2.05) is 6.07 Å². The van der Waals surface area contributed by atoms with Gasteiger partial charge in [-0.15, -0.1) is 0 Å². The lowest BCUT2D eigenvalue weighted by Crippen LogP contribution is -2.03. The maximum Gasteiger partial charge on any atom is 0.339 e. The molecule has 3 nitrogen and oxygen atoms in total. The first-order valence-electron chi connectivity index (χ1n) is 6.23. The fourth-order valence-electron chi connectivity index (χ4n) is 2.77. The van der Waals surface area contributed by atoms with Crippen LogP contribution < -0.4 is 0 Å². The zero-order valence-corrected chi connectivity index (χ0v) is 10.1. The van der Waals surface area contributed by atoms with E-state index in [4.69, 9.17) is 5.11 Å². The van der Waals surface area contributed by atoms with Crippen molar-refractivity contribution < 1.29 is 15.0 Å². The molecule has 1 atom stereocenters. The Morgan fingerprint density at radius 3 is 2.88 bits per heavy atom. The van der Waals surface area contributed by atoms with E-state index < -0.39 is 5.97 Å². The Morgan fingerprint density at radius 2 is 2.24 bits per heavy atom. The van der Waals surface area contributed by atoms with Gasteiger partial charge in [0.15, 0.2) is 0 Å². The summed E-state index contributed by atoms with van der Waals surface area (Å²) in [5.41, 5.74) is 2.09. The first-order chi connectivity index (χ1) is 8.15. The smallest absolute Gasteiger partial charge is 0.339 e. The van der Waals surface area contributed by atoms with Gasteiger partial charge in [-0.25, -0.2) is 4.79 Å². The van der Waals surface area contributed by atoms with Crippen molar-refractivity contribution in [3.8, 4) is 5.75 Å². The molecule has 2 rings (SSSR count). The molecule has 0 bridgehead atoms. The molecule has 0 saturated carbocycles. The molecule has 1 aliphatic rings. The number of carboxylic acid groups (broad SMARTS) is 1. The van der Waals surface area contributed by atoms with E-state index in [2.05, 4.69) is 6.92 Å². The van der Waals surface area contributed by atoms with E-state index in [0.29, 0.717) is 5.92 Å². The predicted octanol–water partition coefficient (Wildman–Crippen LogP) is 3.31. The number of aromatic hydroxyl groups is 1. The highest BCUT2D eigenvalue weighted by atomic mass is 16.4. The van der Waals surface area contributed by atoms with Crippen LogP contribution in [0, 0.1) is 0 Å². The SMILES string of the molecule is CCCCC1CCc2c1ccc(O)c2C(=O)O. The van der Waals surface area contributed by atoms with Gasteiger partial charge in [0.2, 0.25) is 0 Å². The summed E-state index contributed by atoms with van der Waals surface area (Å²) < 4.78 is 0. The fourth-order valence-corrected chi connectivity index (χ4v) is 2.77. The minimum atomic E-state index is -1.02. The number of hydrogen-bond acceptors (Lipinski definition) is 2. The maximum absolute atomic E-state index is 11.1. The van der Waals surface area contributed by atoms with Crippen molar-refractivity contribution in [1.29, 1.82) is 0 Å². The third kappa shape index (κ3) is 2.14. The highest BCUT2D eigenvalue weighted by Gasteiger charge is 2.28. The highest BCUT2D eigenvalue weighted by Crippen LogP contribution is 2.40. The van der Waals surface area contributed by atoms with Gasteiger partial charge in [-0.3, -0.25) is 0 Å². The van der Waals surface area contributed by atoms with Crippen LogP contribution in [0.5, 0.6) is 5.75 Å². The number of unbranched alkanes of at least 4 members (excludes halogenated alkanes) is 1. The molecule has 92 valence electrons. The van der Waals surface area contributed by atoms with Crippen molar-refractivity contribution in [2.45, 2.75) is 44.9 Å². The molecule has 0 aromatic heterocycles. The molecule has 0 fully saturated rings. The minimum absolute atomic E-state index is 0.104. The van der Waals surface area contributed by atoms with Crippen molar-refractivity contribution in [3.63, 3.8) is 0 Å². The summed E-state index contributed by atoms with van der Waals surface area (Å²) in [7, 11) is 0. The molecule has 17 heavy (non-hydrogen) atoms. The molecule has 1 unspecified atom stereocenters. The number of benzene rings is 1. The van der Waals surface area contributed by atoms with Gasteiger partial charge in [-0.1, -0.05) is 25.8 Å². The van der Waals surface area contributed by atoms with Gasteiger partial charge in [-0.2, -0.15) is 0 Å². The third-order valence-electron chi connectivity index (χ3n) is 3.63. The lowest BCUT2D eigenvalue weighted by molar-refractivity contribution is 0.0692. The number of rotatable bonds is 4. The Bertz CT molecular complexity index is 437. The zero-order valence-electron chi connectivity index (χ0n) is 10.1. The van der Waals surface area contributed by atoms with Crippen LogP contribution in [0.3, 0.4) is 0 Å². The molecule has 0 amide bonds. The van der Waals surface area contributed by atoms with E-state index in [1.54, 1.807) is 0 Å². The van der Waals surface area contributed by atoms with Crippen LogP contribution in [0.2, 0.25) is 0 Å². The van der Waals surface area contributed by atoms with Crippen LogP contribution in [0.25, 0.3) is 0 Å². The summed E-state index contributed by atoms with van der Waals surface area (Å²) in [6.07, 6.45) is 5.25. The molecule has 2 N–H and O–H groups in total. The molecule has 1 aliphatic carbocycles. The first kappa shape index (κ1) is 12.0. The summed E-state index contributed by atoms with van der Waals surface area (Å²) in [5, 5.41) is 18.8. The largest absolute Gasteiger partial charge is 0.507 e. The standard InChI is InChI=1S/C14H18O3/c1-2-3-4-9-5-6-11-10(9)7-8-12(15)13(11)14(16)17/h7-9,15H,2-6H2,1H3,(H,16,17). The summed E-state index contributed by atoms with van der Waals surface area (Å²) in [4.78, 5) is 11.1. The second-order valence-electron chi connectivity index (χ2n) is 4.71. The van der Waals surface area contributed by atoms with E-state index in [-0.39, 0.29) is 11.3 Å². The van der Waals surface area contributed by atoms with Gasteiger partial charge in [0.05, 0.1) is 0 Å². The normalized spacial score (nSPS) is 18.1. The van der Waals surface area contributed by atoms with Crippen molar-refractivity contribution in [3.05, 3.63) is 28.8 Å². The molecule has 0 spiro atoms. The summed E-state index contributed by atoms with van der Waals surface area (Å²) >= 11 is 0. The van der Waals surface area contributed by atoms with Gasteiger partial charge < -0.3 is 10.2 Å². The molecule has 1 aromatic carbocycles. The van der Waals surface area contributed by atoms with Gasteiger partial charge in [-0.05, 0) is 42.4 Å². The monoisotopic (exact) mass is 234 g/mol. The van der Waals surface area contributed by atoms with Gasteiger partial charge in [0.1, 0.15) is 11.3 Å². The average Bonchev–Trinajstić information content (AvgIpc) is 2.68. The Hall–Kier alpha value is -1.51. The Balaban J connectivity index is 2.35. The predicted molar refractivity (Wildman–Crippen MR) is 65.7 cm³/mol. The summed E-state index contributed by atoms with van der Waals surface area (Å²) in [5.74, 6) is -0.647. The van der Waals surface area contributed by atoms with Crippen LogP contribution in [-0.4, -0.2) is 16.2 Å². The summed E-state index contributed by atoms with van der Waals surface area (Å²) in [6.45, 7) is 2.16. The second kappa shape index (κ2) is 4.78. The van der Waals surface area contributed by atoms with Crippen LogP contribution >= 0.6 is 0 Å². The van der Waals surface area contributed by atoms with Crippen molar-refractivity contribution >= 4 is 5.97 Å². The number of phenols is 1. The Morgan fingerprint density at radius 1 is 1.47 bits per heavy atom. The maximum atomic E-state index is 11.1. The number of hydrogen-bond donors (Lipinski definition) is 2. The zero-order chi connectivity index (χ0) is 12.4. The van der Waals surface area contributed by atoms with Crippen molar-refractivity contribution in [2.24, 2.45) is 0 Å². The molecule has 3 heteroatoms. The lowest BCUT2D eigenvalue weighted by Gasteiger charge is -2.12. The minimum Gasteiger partial charge on any atom is -0.507 e. The average molecular weight is 234 g/mol. The quantitative estimate of drug-likeness (QED) is 0.840. The molecule has 1 aromatic rings. The van der Waals surface area contributed by atoms with Crippen LogP contribution in [0.4, 0.5) is 0 Å². The van der Waals surface area contributed by atoms with E-state index >= 15 is 0 Å². The molecule has 0 heterocycles. The van der Waals surface area contributed by atoms with Crippen molar-refractivity contribution in [2.75, 3.05) is 0 Å². The number of fused-ring (bicyclic) bond motifs is 1. The lowest BCUT2D eigenvalue weighted by atomic mass is 9.94. The first-order valence-corrected chi connectivity index (χ1v) is 6.23. The molecular formula is C14H18O3. The van der Waals surface area contributed by atoms with Gasteiger partial charge in [0.25, 0.3) is 0 Å². The number of carbonyl (C=O) groups is 1. The van der Waals surface area contributed by atoms with E-state index in [1.165, 1.54) is 12.5 Å². The number of carboxylic acids is 1. The van der Waals surface area contributed by atoms with Gasteiger partial charge >= 0.3 is 5.97 Å². The summed E-state index contributed by atoms with van der Waals surface area (Å²) in [6, 6.07) is 3.41. The van der Waals surface area contributed by atoms with Crippen LogP contribution in [-0.2, 0) is 6.42 Å². The Kier molecular flexibility index (Phi) is 3.36. The highest BCUT2D eigenvalue weighted by molar-refractivity contribution is 5.93. The molecule has 0 radical (unpaired) electrons. The number of aromatic carboxylic acids is 1. The second-order valence-corrected chi connectivity index (χ2v) is 4.71. The third-order valence-corrected chi connectivity index (χ3v) is 3.63.